The van der Waals surface area contributed by atoms with Crippen molar-refractivity contribution >= 4 is 26.3 Å². The van der Waals surface area contributed by atoms with Gasteiger partial charge in [0.05, 0.1) is 0 Å². The Morgan fingerprint density at radius 2 is 2.00 bits per heavy atom. The molecule has 0 heterocycles. The fourth-order valence-electron chi connectivity index (χ4n) is 0. The lowest BCUT2D eigenvalue weighted by Gasteiger charge is -1.65. The van der Waals surface area contributed by atoms with E-state index in [-0.39, 0.29) is 9.70 Å². The van der Waals surface area contributed by atoms with E-state index in [0.717, 1.165) is 0 Å². The highest BCUT2D eigenvalue weighted by atomic mass is 35.7. The normalized spacial score (nSPS) is 15.5. The van der Waals surface area contributed by atoms with E-state index in [1.165, 1.54) is 0 Å². The minimum atomic E-state index is -0.139. The molecule has 0 saturated carbocycles. The summed E-state index contributed by atoms with van der Waals surface area (Å²) in [6.07, 6.45) is 1.85. The Labute approximate surface area is 33.2 Å². The second-order valence-corrected chi connectivity index (χ2v) is 3.24. The van der Waals surface area contributed by atoms with E-state index >= 15 is 0 Å². The van der Waals surface area contributed by atoms with Gasteiger partial charge in [-0.05, 0) is 6.26 Å². The van der Waals surface area contributed by atoms with Gasteiger partial charge in [-0.3, -0.25) is 0 Å². The van der Waals surface area contributed by atoms with Gasteiger partial charge in [0.25, 0.3) is 0 Å². The molecule has 1 unspecified atom stereocenters. The molecule has 0 rings (SSSR count). The first kappa shape index (κ1) is 4.51. The maximum absolute atomic E-state index is 5.19. The molecule has 0 fully saturated rings. The second kappa shape index (κ2) is 1.79. The van der Waals surface area contributed by atoms with E-state index in [0.29, 0.717) is 0 Å². The van der Waals surface area contributed by atoms with Crippen LogP contribution in [0.25, 0.3) is 0 Å². The predicted molar refractivity (Wildman–Crippen MR) is 26.5 cm³/mol. The van der Waals surface area contributed by atoms with E-state index in [1.54, 1.807) is 0 Å². The van der Waals surface area contributed by atoms with Crippen LogP contribution in [0.3, 0.4) is 0 Å². The average molecular weight is 96.6 g/mol. The van der Waals surface area contributed by atoms with E-state index in [4.69, 9.17) is 10.7 Å². The van der Waals surface area contributed by atoms with Crippen molar-refractivity contribution in [2.45, 2.75) is 0 Å². The standard InChI is InChI=1S/C2H5ClS/c1-4(2)3/h1H2,2H3. The van der Waals surface area contributed by atoms with Crippen LogP contribution < -0.4 is 0 Å². The lowest BCUT2D eigenvalue weighted by atomic mass is 11.9. The third kappa shape index (κ3) is 22.0. The maximum atomic E-state index is 5.19. The van der Waals surface area contributed by atoms with Gasteiger partial charge in [0.2, 0.25) is 0 Å². The Morgan fingerprint density at radius 1 is 2.00 bits per heavy atom. The summed E-state index contributed by atoms with van der Waals surface area (Å²) >= 11 is 0. The lowest BCUT2D eigenvalue weighted by Crippen LogP contribution is -1.28. The van der Waals surface area contributed by atoms with Crippen molar-refractivity contribution in [2.75, 3.05) is 6.26 Å². The van der Waals surface area contributed by atoms with Crippen LogP contribution in [0.1, 0.15) is 0 Å². The zero-order chi connectivity index (χ0) is 3.58. The van der Waals surface area contributed by atoms with Gasteiger partial charge in [0, 0.05) is 0 Å². The number of rotatable bonds is 0. The number of halogens is 1. The van der Waals surface area contributed by atoms with E-state index in [9.17, 15) is 0 Å². The zero-order valence-electron chi connectivity index (χ0n) is 2.49. The van der Waals surface area contributed by atoms with Gasteiger partial charge in [0.15, 0.2) is 0 Å². The second-order valence-electron chi connectivity index (χ2n) is 0.552. The first-order chi connectivity index (χ1) is 1.73. The van der Waals surface area contributed by atoms with Crippen LogP contribution >= 0.6 is 20.4 Å². The molecule has 0 amide bonds. The molecule has 26 valence electrons. The Balaban J connectivity index is 2.80. The van der Waals surface area contributed by atoms with E-state index in [1.807, 2.05) is 6.26 Å². The fraction of sp³-hybridized carbons (Fsp3) is 0.500. The zero-order valence-corrected chi connectivity index (χ0v) is 4.07. The van der Waals surface area contributed by atoms with E-state index < -0.39 is 0 Å². The highest BCUT2D eigenvalue weighted by Crippen LogP contribution is 2.05. The first-order valence-corrected chi connectivity index (χ1v) is 3.48. The van der Waals surface area contributed by atoms with Crippen LogP contribution in [0.5, 0.6) is 0 Å². The van der Waals surface area contributed by atoms with Gasteiger partial charge < -0.3 is 0 Å². The molecule has 0 aliphatic rings. The smallest absolute Gasteiger partial charge is 0.00986 e. The molecule has 0 radical (unpaired) electrons. The lowest BCUT2D eigenvalue weighted by molar-refractivity contribution is 2.53. The van der Waals surface area contributed by atoms with Crippen molar-refractivity contribution in [1.29, 1.82) is 0 Å². The molecule has 0 aromatic rings. The summed E-state index contributed by atoms with van der Waals surface area (Å²) < 4.78 is 0. The monoisotopic (exact) mass is 96.0 g/mol. The molecule has 0 nitrogen and oxygen atoms in total. The number of hydrogen-bond donors (Lipinski definition) is 0. The molecule has 0 N–H and O–H groups in total. The Bertz CT molecular complexity index is 29.0. The molecule has 0 bridgehead atoms. The third-order valence-corrected chi connectivity index (χ3v) is 0. The van der Waals surface area contributed by atoms with Gasteiger partial charge in [-0.25, -0.2) is 0 Å². The van der Waals surface area contributed by atoms with Crippen LogP contribution in [0.15, 0.2) is 0 Å². The van der Waals surface area contributed by atoms with Crippen molar-refractivity contribution in [3.05, 3.63) is 0 Å². The molecule has 0 aliphatic carbocycles. The molecule has 0 aliphatic heterocycles. The number of hydrogen-bond acceptors (Lipinski definition) is 0. The Kier molecular flexibility index (Phi) is 2.02. The van der Waals surface area contributed by atoms with Gasteiger partial charge in [-0.15, -0.1) is 9.70 Å². The van der Waals surface area contributed by atoms with Gasteiger partial charge >= 0.3 is 0 Å². The molecule has 4 heavy (non-hydrogen) atoms. The van der Waals surface area contributed by atoms with Crippen LogP contribution in [-0.4, -0.2) is 12.1 Å². The van der Waals surface area contributed by atoms with Crippen LogP contribution in [0, 0.1) is 0 Å². The molecule has 2 heteroatoms. The Hall–Kier alpha value is 0.510. The molecule has 0 saturated heterocycles. The summed E-state index contributed by atoms with van der Waals surface area (Å²) in [5, 5.41) is 0. The Morgan fingerprint density at radius 3 is 2.00 bits per heavy atom. The molecule has 0 aromatic heterocycles. The summed E-state index contributed by atoms with van der Waals surface area (Å²) in [6.45, 7) is 0. The van der Waals surface area contributed by atoms with Crippen molar-refractivity contribution in [3.63, 3.8) is 0 Å². The van der Waals surface area contributed by atoms with Crippen molar-refractivity contribution in [1.82, 2.24) is 0 Å². The van der Waals surface area contributed by atoms with Gasteiger partial charge in [-0.2, -0.15) is 0 Å². The topological polar surface area (TPSA) is 0 Å². The van der Waals surface area contributed by atoms with Crippen molar-refractivity contribution < 1.29 is 0 Å². The highest BCUT2D eigenvalue weighted by molar-refractivity contribution is 8.33. The quantitative estimate of drug-likeness (QED) is 0.401. The van der Waals surface area contributed by atoms with Crippen LogP contribution in [0.2, 0.25) is 0 Å². The minimum Gasteiger partial charge on any atom is -0.105 e. The average Bonchev–Trinajstić information content (AvgIpc) is 0.811. The van der Waals surface area contributed by atoms with E-state index in [2.05, 4.69) is 5.87 Å². The minimum absolute atomic E-state index is 0.139. The third-order valence-electron chi connectivity index (χ3n) is 0. The fourth-order valence-corrected chi connectivity index (χ4v) is 0. The predicted octanol–water partition coefficient (Wildman–Crippen LogP) is 1.47. The SMILES string of the molecule is C=S(C)Cl. The summed E-state index contributed by atoms with van der Waals surface area (Å²) in [7, 11) is 5.05. The van der Waals surface area contributed by atoms with Crippen LogP contribution in [0.4, 0.5) is 0 Å². The molecule has 1 atom stereocenters. The molecular weight excluding hydrogens is 91.5 g/mol. The first-order valence-electron chi connectivity index (χ1n) is 0.851. The van der Waals surface area contributed by atoms with Crippen LogP contribution in [-0.2, 0) is 0 Å². The summed E-state index contributed by atoms with van der Waals surface area (Å²) in [6, 6.07) is 0. The van der Waals surface area contributed by atoms with Gasteiger partial charge in [0.1, 0.15) is 0 Å². The van der Waals surface area contributed by atoms with Gasteiger partial charge in [-0.1, -0.05) is 16.6 Å². The summed E-state index contributed by atoms with van der Waals surface area (Å²) in [5.41, 5.74) is 0. The van der Waals surface area contributed by atoms with Crippen molar-refractivity contribution in [3.8, 4) is 0 Å². The largest absolute Gasteiger partial charge is 0.105 e. The van der Waals surface area contributed by atoms with Crippen molar-refractivity contribution in [2.24, 2.45) is 0 Å². The summed E-state index contributed by atoms with van der Waals surface area (Å²) in [4.78, 5) is 0. The summed E-state index contributed by atoms with van der Waals surface area (Å²) in [5.74, 6) is 3.43. The highest BCUT2D eigenvalue weighted by Gasteiger charge is 1.51. The molecule has 0 spiro atoms. The maximum Gasteiger partial charge on any atom is -0.00986 e. The molecular formula is C2H5ClS. The molecule has 0 aromatic carbocycles.